The number of nitrogens with one attached hydrogen (secondary N) is 1. The van der Waals surface area contributed by atoms with Crippen LogP contribution in [0.25, 0.3) is 0 Å². The zero-order chi connectivity index (χ0) is 16.3. The largest absolute Gasteiger partial charge is 0.494 e. The molecule has 0 radical (unpaired) electrons. The SMILES string of the molecule is COc1cc(C(F)(F)F)ncc1NC(=O)N1CCOC[C@@H]1C. The van der Waals surface area contributed by atoms with Crippen LogP contribution in [0.4, 0.5) is 23.7 Å². The van der Waals surface area contributed by atoms with E-state index in [2.05, 4.69) is 10.3 Å². The Morgan fingerprint density at radius 1 is 1.55 bits per heavy atom. The summed E-state index contributed by atoms with van der Waals surface area (Å²) in [6, 6.07) is 0.191. The summed E-state index contributed by atoms with van der Waals surface area (Å²) in [4.78, 5) is 17.0. The number of carbonyl (C=O) groups excluding carboxylic acids is 1. The monoisotopic (exact) mass is 319 g/mol. The molecule has 2 rings (SSSR count). The molecule has 1 N–H and O–H groups in total. The summed E-state index contributed by atoms with van der Waals surface area (Å²) in [6.07, 6.45) is -3.64. The number of carbonyl (C=O) groups is 1. The molecule has 1 aliphatic rings. The topological polar surface area (TPSA) is 63.7 Å². The van der Waals surface area contributed by atoms with Crippen molar-refractivity contribution in [1.29, 1.82) is 0 Å². The molecule has 0 bridgehead atoms. The first-order valence-corrected chi connectivity index (χ1v) is 6.59. The van der Waals surface area contributed by atoms with Crippen LogP contribution in [0.15, 0.2) is 12.3 Å². The standard InChI is InChI=1S/C13H16F3N3O3/c1-8-7-22-4-3-19(8)12(20)18-9-6-17-11(13(14,15)16)5-10(9)21-2/h5-6,8H,3-4,7H2,1-2H3,(H,18,20)/t8-/m0/s1. The van der Waals surface area contributed by atoms with Crippen molar-refractivity contribution in [2.75, 3.05) is 32.2 Å². The highest BCUT2D eigenvalue weighted by Gasteiger charge is 2.33. The summed E-state index contributed by atoms with van der Waals surface area (Å²) in [5.74, 6) is -0.100. The van der Waals surface area contributed by atoms with Crippen molar-refractivity contribution in [3.63, 3.8) is 0 Å². The summed E-state index contributed by atoms with van der Waals surface area (Å²) in [5, 5.41) is 2.52. The van der Waals surface area contributed by atoms with Gasteiger partial charge in [0.25, 0.3) is 0 Å². The minimum Gasteiger partial charge on any atom is -0.494 e. The van der Waals surface area contributed by atoms with Gasteiger partial charge in [-0.3, -0.25) is 0 Å². The van der Waals surface area contributed by atoms with E-state index in [0.29, 0.717) is 19.8 Å². The van der Waals surface area contributed by atoms with Crippen LogP contribution in [0.5, 0.6) is 5.75 Å². The first kappa shape index (κ1) is 16.3. The van der Waals surface area contributed by atoms with Crippen LogP contribution in [0, 0.1) is 0 Å². The van der Waals surface area contributed by atoms with Crippen LogP contribution in [0.2, 0.25) is 0 Å². The third kappa shape index (κ3) is 3.59. The molecule has 0 aliphatic carbocycles. The van der Waals surface area contributed by atoms with Crippen LogP contribution in [-0.2, 0) is 10.9 Å². The predicted octanol–water partition coefficient (Wildman–Crippen LogP) is 2.36. The third-order valence-corrected chi connectivity index (χ3v) is 3.25. The van der Waals surface area contributed by atoms with Gasteiger partial charge in [-0.1, -0.05) is 0 Å². The van der Waals surface area contributed by atoms with Crippen molar-refractivity contribution in [3.05, 3.63) is 18.0 Å². The first-order chi connectivity index (χ1) is 10.3. The van der Waals surface area contributed by atoms with Gasteiger partial charge in [-0.15, -0.1) is 0 Å². The van der Waals surface area contributed by atoms with E-state index in [1.807, 2.05) is 6.92 Å². The Hall–Kier alpha value is -2.03. The maximum atomic E-state index is 12.6. The van der Waals surface area contributed by atoms with Crippen molar-refractivity contribution in [2.24, 2.45) is 0 Å². The van der Waals surface area contributed by atoms with E-state index < -0.39 is 17.9 Å². The fraction of sp³-hybridized carbons (Fsp3) is 0.538. The maximum absolute atomic E-state index is 12.6. The van der Waals surface area contributed by atoms with Gasteiger partial charge in [0.2, 0.25) is 0 Å². The second-order valence-corrected chi connectivity index (χ2v) is 4.82. The number of alkyl halides is 3. The fourth-order valence-corrected chi connectivity index (χ4v) is 2.07. The average Bonchev–Trinajstić information content (AvgIpc) is 2.46. The smallest absolute Gasteiger partial charge is 0.433 e. The van der Waals surface area contributed by atoms with Crippen molar-refractivity contribution >= 4 is 11.7 Å². The van der Waals surface area contributed by atoms with E-state index in [1.54, 1.807) is 4.90 Å². The lowest BCUT2D eigenvalue weighted by molar-refractivity contribution is -0.141. The molecule has 1 aromatic rings. The number of rotatable bonds is 2. The number of morpholine rings is 1. The maximum Gasteiger partial charge on any atom is 0.433 e. The zero-order valence-electron chi connectivity index (χ0n) is 12.1. The zero-order valence-corrected chi connectivity index (χ0v) is 12.1. The number of ether oxygens (including phenoxy) is 2. The second-order valence-electron chi connectivity index (χ2n) is 4.82. The van der Waals surface area contributed by atoms with E-state index in [0.717, 1.165) is 12.3 Å². The molecule has 0 spiro atoms. The molecule has 1 atom stereocenters. The quantitative estimate of drug-likeness (QED) is 0.909. The highest BCUT2D eigenvalue weighted by Crippen LogP contribution is 2.33. The van der Waals surface area contributed by atoms with Gasteiger partial charge in [-0.05, 0) is 6.92 Å². The van der Waals surface area contributed by atoms with Gasteiger partial charge in [-0.2, -0.15) is 13.2 Å². The van der Waals surface area contributed by atoms with Crippen LogP contribution >= 0.6 is 0 Å². The number of halogens is 3. The number of methoxy groups -OCH3 is 1. The first-order valence-electron chi connectivity index (χ1n) is 6.59. The molecule has 22 heavy (non-hydrogen) atoms. The Kier molecular flexibility index (Phi) is 4.74. The Morgan fingerprint density at radius 2 is 2.27 bits per heavy atom. The van der Waals surface area contributed by atoms with Crippen molar-refractivity contribution in [3.8, 4) is 5.75 Å². The lowest BCUT2D eigenvalue weighted by Crippen LogP contribution is -2.48. The normalized spacial score (nSPS) is 19.0. The van der Waals surface area contributed by atoms with Crippen LogP contribution in [-0.4, -0.2) is 48.8 Å². The molecular weight excluding hydrogens is 303 g/mol. The Labute approximate surface area is 125 Å². The Bertz CT molecular complexity index is 551. The van der Waals surface area contributed by atoms with Crippen molar-refractivity contribution in [1.82, 2.24) is 9.88 Å². The average molecular weight is 319 g/mol. The number of nitrogens with zero attached hydrogens (tertiary/aromatic N) is 2. The van der Waals surface area contributed by atoms with Crippen LogP contribution in [0.1, 0.15) is 12.6 Å². The van der Waals surface area contributed by atoms with Crippen LogP contribution in [0.3, 0.4) is 0 Å². The lowest BCUT2D eigenvalue weighted by Gasteiger charge is -2.33. The van der Waals surface area contributed by atoms with E-state index in [-0.39, 0.29) is 17.5 Å². The molecule has 2 amide bonds. The number of aromatic nitrogens is 1. The predicted molar refractivity (Wildman–Crippen MR) is 71.8 cm³/mol. The molecule has 6 nitrogen and oxygen atoms in total. The van der Waals surface area contributed by atoms with E-state index in [1.165, 1.54) is 7.11 Å². The van der Waals surface area contributed by atoms with E-state index >= 15 is 0 Å². The van der Waals surface area contributed by atoms with E-state index in [4.69, 9.17) is 9.47 Å². The molecule has 1 fully saturated rings. The van der Waals surface area contributed by atoms with Crippen molar-refractivity contribution < 1.29 is 27.4 Å². The summed E-state index contributed by atoms with van der Waals surface area (Å²) in [6.45, 7) is 3.06. The summed E-state index contributed by atoms with van der Waals surface area (Å²) in [7, 11) is 1.22. The molecule has 122 valence electrons. The molecule has 2 heterocycles. The molecule has 0 aromatic carbocycles. The van der Waals surface area contributed by atoms with Gasteiger partial charge in [-0.25, -0.2) is 9.78 Å². The summed E-state index contributed by atoms with van der Waals surface area (Å²) in [5.41, 5.74) is -0.999. The van der Waals surface area contributed by atoms with Gasteiger partial charge in [0.15, 0.2) is 0 Å². The molecule has 0 saturated carbocycles. The number of amides is 2. The second kappa shape index (κ2) is 6.39. The number of pyridine rings is 1. The van der Waals surface area contributed by atoms with Gasteiger partial charge in [0, 0.05) is 12.6 Å². The van der Waals surface area contributed by atoms with Gasteiger partial charge < -0.3 is 19.7 Å². The summed E-state index contributed by atoms with van der Waals surface area (Å²) < 4.78 is 48.0. The lowest BCUT2D eigenvalue weighted by atomic mass is 10.2. The van der Waals surface area contributed by atoms with Gasteiger partial charge >= 0.3 is 12.2 Å². The molecule has 0 unspecified atom stereocenters. The number of urea groups is 1. The highest BCUT2D eigenvalue weighted by molar-refractivity contribution is 5.91. The van der Waals surface area contributed by atoms with Gasteiger partial charge in [0.1, 0.15) is 17.1 Å². The molecule has 1 aliphatic heterocycles. The minimum atomic E-state index is -4.57. The van der Waals surface area contributed by atoms with E-state index in [9.17, 15) is 18.0 Å². The number of hydrogen-bond acceptors (Lipinski definition) is 4. The Morgan fingerprint density at radius 3 is 2.86 bits per heavy atom. The number of hydrogen-bond donors (Lipinski definition) is 1. The summed E-state index contributed by atoms with van der Waals surface area (Å²) >= 11 is 0. The van der Waals surface area contributed by atoms with Crippen molar-refractivity contribution in [2.45, 2.75) is 19.1 Å². The molecule has 1 saturated heterocycles. The fourth-order valence-electron chi connectivity index (χ4n) is 2.07. The third-order valence-electron chi connectivity index (χ3n) is 3.25. The number of anilines is 1. The molecular formula is C13H16F3N3O3. The highest BCUT2D eigenvalue weighted by atomic mass is 19.4. The molecule has 9 heteroatoms. The van der Waals surface area contributed by atoms with Gasteiger partial charge in [0.05, 0.1) is 32.6 Å². The minimum absolute atomic E-state index is 0.0826. The van der Waals surface area contributed by atoms with Crippen LogP contribution < -0.4 is 10.1 Å². The molecule has 1 aromatic heterocycles. The Balaban J connectivity index is 2.16.